The van der Waals surface area contributed by atoms with Crippen LogP contribution in [0.15, 0.2) is 53.1 Å². The van der Waals surface area contributed by atoms with E-state index in [1.165, 1.54) is 0 Å². The van der Waals surface area contributed by atoms with Gasteiger partial charge in [0.25, 0.3) is 5.88 Å². The van der Waals surface area contributed by atoms with Crippen molar-refractivity contribution in [3.63, 3.8) is 0 Å². The highest BCUT2D eigenvalue weighted by molar-refractivity contribution is 6.04. The van der Waals surface area contributed by atoms with E-state index in [1.54, 1.807) is 19.1 Å². The fourth-order valence-electron chi connectivity index (χ4n) is 3.33. The molecule has 0 spiro atoms. The molecule has 0 saturated heterocycles. The fraction of sp³-hybridized carbons (Fsp3) is 0.0556. The van der Waals surface area contributed by atoms with Gasteiger partial charge in [-0.15, -0.1) is 0 Å². The largest absolute Gasteiger partial charge is 0.508 e. The highest BCUT2D eigenvalue weighted by Crippen LogP contribution is 2.49. The van der Waals surface area contributed by atoms with Crippen molar-refractivity contribution in [2.45, 2.75) is 6.92 Å². The Morgan fingerprint density at radius 1 is 1.04 bits per heavy atom. The first-order valence-electron chi connectivity index (χ1n) is 7.71. The lowest BCUT2D eigenvalue weighted by atomic mass is 10.1. The number of anilines is 1. The van der Waals surface area contributed by atoms with Gasteiger partial charge < -0.3 is 19.0 Å². The molecule has 1 aliphatic heterocycles. The van der Waals surface area contributed by atoms with E-state index in [1.807, 2.05) is 41.0 Å². The van der Waals surface area contributed by atoms with Gasteiger partial charge >= 0.3 is 0 Å². The van der Waals surface area contributed by atoms with Crippen molar-refractivity contribution >= 4 is 16.6 Å². The molecule has 2 N–H and O–H groups in total. The molecule has 0 amide bonds. The van der Waals surface area contributed by atoms with Gasteiger partial charge in [-0.05, 0) is 42.4 Å². The van der Waals surface area contributed by atoms with Crippen LogP contribution in [0.5, 0.6) is 11.6 Å². The highest BCUT2D eigenvalue weighted by atomic mass is 16.9. The Kier molecular flexibility index (Phi) is 2.66. The van der Waals surface area contributed by atoms with E-state index in [0.29, 0.717) is 17.0 Å². The summed E-state index contributed by atoms with van der Waals surface area (Å²) in [6, 6.07) is 14.5. The minimum absolute atomic E-state index is 0.183. The maximum Gasteiger partial charge on any atom is 0.297 e. The smallest absolute Gasteiger partial charge is 0.297 e. The van der Waals surface area contributed by atoms with E-state index in [0.717, 1.165) is 27.5 Å². The Balaban J connectivity index is 1.96. The molecule has 2 aromatic heterocycles. The van der Waals surface area contributed by atoms with Crippen LogP contribution in [0.25, 0.3) is 27.8 Å². The molecular formula is C18H13N3O4. The number of fused-ring (bicyclic) bond motifs is 5. The average Bonchev–Trinajstić information content (AvgIpc) is 3.14. The summed E-state index contributed by atoms with van der Waals surface area (Å²) in [5.41, 5.74) is 3.63. The third kappa shape index (κ3) is 1.81. The van der Waals surface area contributed by atoms with Crippen LogP contribution < -0.4 is 10.1 Å². The molecular weight excluding hydrogens is 322 g/mol. The Morgan fingerprint density at radius 3 is 2.60 bits per heavy atom. The van der Waals surface area contributed by atoms with Crippen LogP contribution in [0.2, 0.25) is 0 Å². The van der Waals surface area contributed by atoms with Gasteiger partial charge in [-0.2, -0.15) is 0 Å². The average molecular weight is 335 g/mol. The molecule has 0 radical (unpaired) electrons. The zero-order valence-corrected chi connectivity index (χ0v) is 13.2. The van der Waals surface area contributed by atoms with Crippen LogP contribution in [-0.2, 0) is 0 Å². The lowest BCUT2D eigenvalue weighted by Gasteiger charge is -2.22. The summed E-state index contributed by atoms with van der Waals surface area (Å²) in [4.78, 5) is 5.39. The monoisotopic (exact) mass is 335 g/mol. The van der Waals surface area contributed by atoms with Gasteiger partial charge in [-0.3, -0.25) is 5.21 Å². The predicted molar refractivity (Wildman–Crippen MR) is 90.1 cm³/mol. The second-order valence-corrected chi connectivity index (χ2v) is 5.85. The number of hydrogen-bond acceptors (Lipinski definition) is 6. The topological polar surface area (TPSA) is 83.9 Å². The Bertz CT molecular complexity index is 1110. The number of para-hydroxylation sites is 1. The molecule has 7 nitrogen and oxygen atoms in total. The van der Waals surface area contributed by atoms with E-state index >= 15 is 0 Å². The van der Waals surface area contributed by atoms with E-state index in [4.69, 9.17) is 9.36 Å². The molecule has 0 aliphatic carbocycles. The predicted octanol–water partition coefficient (Wildman–Crippen LogP) is 3.80. The zero-order valence-electron chi connectivity index (χ0n) is 13.2. The van der Waals surface area contributed by atoms with E-state index < -0.39 is 0 Å². The number of hydrogen-bond donors (Lipinski definition) is 2. The zero-order chi connectivity index (χ0) is 17.1. The summed E-state index contributed by atoms with van der Waals surface area (Å²) in [5, 5.41) is 25.4. The molecule has 0 bridgehead atoms. The number of nitrogens with zero attached hydrogens (tertiary/aromatic N) is 3. The van der Waals surface area contributed by atoms with E-state index in [9.17, 15) is 10.3 Å². The van der Waals surface area contributed by atoms with Crippen LogP contribution in [-0.4, -0.2) is 20.0 Å². The molecule has 3 heterocycles. The number of benzene rings is 2. The van der Waals surface area contributed by atoms with Gasteiger partial charge in [0.15, 0.2) is 0 Å². The van der Waals surface area contributed by atoms with E-state index in [2.05, 4.69) is 5.16 Å². The van der Waals surface area contributed by atoms with Crippen molar-refractivity contribution in [3.05, 3.63) is 54.3 Å². The third-order valence-corrected chi connectivity index (χ3v) is 4.39. The maximum atomic E-state index is 10.4. The first-order valence-corrected chi connectivity index (χ1v) is 7.71. The van der Waals surface area contributed by atoms with Crippen molar-refractivity contribution in [3.8, 4) is 28.6 Å². The second-order valence-electron chi connectivity index (χ2n) is 5.85. The highest BCUT2D eigenvalue weighted by Gasteiger charge is 2.35. The lowest BCUT2D eigenvalue weighted by Crippen LogP contribution is -2.26. The van der Waals surface area contributed by atoms with Crippen LogP contribution in [0.4, 0.5) is 5.69 Å². The number of phenolic OH excluding ortho intramolecular Hbond substituents is 1. The van der Waals surface area contributed by atoms with Crippen molar-refractivity contribution in [1.29, 1.82) is 0 Å². The van der Waals surface area contributed by atoms with E-state index in [-0.39, 0.29) is 11.6 Å². The molecule has 2 aromatic carbocycles. The summed E-state index contributed by atoms with van der Waals surface area (Å²) in [5.74, 6) is 0.977. The van der Waals surface area contributed by atoms with Gasteiger partial charge in [0.05, 0.1) is 11.2 Å². The Labute approximate surface area is 141 Å². The van der Waals surface area contributed by atoms with Crippen LogP contribution >= 0.6 is 0 Å². The minimum atomic E-state index is 0.183. The normalized spacial score (nSPS) is 12.8. The number of aromatic nitrogens is 2. The first kappa shape index (κ1) is 13.9. The Hall–Kier alpha value is -3.45. The summed E-state index contributed by atoms with van der Waals surface area (Å²) >= 11 is 0. The van der Waals surface area contributed by atoms with Crippen LogP contribution in [0, 0.1) is 6.92 Å². The summed E-state index contributed by atoms with van der Waals surface area (Å²) in [7, 11) is 0. The van der Waals surface area contributed by atoms with Crippen molar-refractivity contribution in [1.82, 2.24) is 9.72 Å². The molecule has 124 valence electrons. The first-order chi connectivity index (χ1) is 12.1. The number of aryl methyl sites for hydroxylation is 1. The van der Waals surface area contributed by atoms with Gasteiger partial charge in [0, 0.05) is 11.1 Å². The molecule has 7 heteroatoms. The van der Waals surface area contributed by atoms with Gasteiger partial charge in [-0.25, -0.2) is 0 Å². The number of aromatic hydroxyl groups is 1. The van der Waals surface area contributed by atoms with Crippen LogP contribution in [0.1, 0.15) is 5.76 Å². The molecule has 0 saturated carbocycles. The SMILES string of the molecule is Cc1onc2c1-c1c(c3ccccc3n1-c1ccc(O)cc1)N(O)O2. The van der Waals surface area contributed by atoms with Crippen LogP contribution in [0.3, 0.4) is 0 Å². The summed E-state index contributed by atoms with van der Waals surface area (Å²) in [6.45, 7) is 1.80. The molecule has 0 fully saturated rings. The Morgan fingerprint density at radius 2 is 1.80 bits per heavy atom. The summed E-state index contributed by atoms with van der Waals surface area (Å²) in [6.07, 6.45) is 0. The van der Waals surface area contributed by atoms with Gasteiger partial charge in [-0.1, -0.05) is 23.4 Å². The molecule has 1 aliphatic rings. The molecule has 4 aromatic rings. The van der Waals surface area contributed by atoms with Gasteiger partial charge in [0.2, 0.25) is 0 Å². The number of rotatable bonds is 1. The third-order valence-electron chi connectivity index (χ3n) is 4.39. The minimum Gasteiger partial charge on any atom is -0.508 e. The maximum absolute atomic E-state index is 10.4. The van der Waals surface area contributed by atoms with Crippen molar-refractivity contribution < 1.29 is 19.7 Å². The summed E-state index contributed by atoms with van der Waals surface area (Å²) < 4.78 is 7.25. The van der Waals surface area contributed by atoms with Gasteiger partial charge in [0.1, 0.15) is 22.8 Å². The standard InChI is InChI=1S/C18H13N3O4/c1-10-15-17-16(21(23)25-18(15)19-24-10)13-4-2-3-5-14(13)20(17)11-6-8-12(22)9-7-11/h2-9,22-23H,1H3. The van der Waals surface area contributed by atoms with Crippen molar-refractivity contribution in [2.24, 2.45) is 0 Å². The second kappa shape index (κ2) is 4.78. The van der Waals surface area contributed by atoms with Crippen molar-refractivity contribution in [2.75, 3.05) is 5.23 Å². The molecule has 0 atom stereocenters. The molecule has 5 rings (SSSR count). The molecule has 0 unspecified atom stereocenters. The molecule has 25 heavy (non-hydrogen) atoms. The lowest BCUT2D eigenvalue weighted by molar-refractivity contribution is 0.0433. The number of phenols is 1. The quantitative estimate of drug-likeness (QED) is 0.550. The fourth-order valence-corrected chi connectivity index (χ4v) is 3.33.